The van der Waals surface area contributed by atoms with E-state index in [2.05, 4.69) is 4.98 Å². The second kappa shape index (κ2) is 8.87. The molecular formula is C22H23FN2O4. The van der Waals surface area contributed by atoms with E-state index < -0.39 is 6.10 Å². The Morgan fingerprint density at radius 1 is 1.28 bits per heavy atom. The third-order valence-corrected chi connectivity index (χ3v) is 4.65. The van der Waals surface area contributed by atoms with Gasteiger partial charge in [-0.05, 0) is 48.9 Å². The molecule has 29 heavy (non-hydrogen) atoms. The average molecular weight is 398 g/mol. The second-order valence-corrected chi connectivity index (χ2v) is 6.77. The molecule has 0 fully saturated rings. The molecule has 1 aromatic heterocycles. The van der Waals surface area contributed by atoms with Gasteiger partial charge in [-0.2, -0.15) is 0 Å². The molecule has 0 saturated carbocycles. The molecule has 0 radical (unpaired) electrons. The molecule has 3 rings (SSSR count). The fourth-order valence-electron chi connectivity index (χ4n) is 2.90. The molecule has 2 aromatic carbocycles. The monoisotopic (exact) mass is 398 g/mol. The molecule has 1 N–H and O–H groups in total. The largest absolute Gasteiger partial charge is 0.497 e. The third-order valence-electron chi connectivity index (χ3n) is 4.65. The van der Waals surface area contributed by atoms with Crippen molar-refractivity contribution in [1.82, 2.24) is 9.88 Å². The summed E-state index contributed by atoms with van der Waals surface area (Å²) in [6, 6.07) is 12.9. The van der Waals surface area contributed by atoms with Gasteiger partial charge in [-0.3, -0.25) is 4.79 Å². The van der Waals surface area contributed by atoms with E-state index >= 15 is 0 Å². The van der Waals surface area contributed by atoms with Crippen molar-refractivity contribution in [2.75, 3.05) is 20.7 Å². The number of carbonyl (C=O) groups is 1. The first kappa shape index (κ1) is 20.5. The molecule has 0 bridgehead atoms. The number of aliphatic hydroxyl groups is 1. The van der Waals surface area contributed by atoms with Gasteiger partial charge in [-0.15, -0.1) is 0 Å². The topological polar surface area (TPSA) is 75.8 Å². The smallest absolute Gasteiger partial charge is 0.228 e. The summed E-state index contributed by atoms with van der Waals surface area (Å²) in [6.07, 6.45) is -0.801. The number of aryl methyl sites for hydroxylation is 1. The third kappa shape index (κ3) is 5.00. The summed E-state index contributed by atoms with van der Waals surface area (Å²) in [5, 5.41) is 10.4. The number of carbonyl (C=O) groups excluding carboxylic acids is 1. The van der Waals surface area contributed by atoms with Gasteiger partial charge in [0, 0.05) is 12.6 Å². The number of rotatable bonds is 7. The van der Waals surface area contributed by atoms with E-state index in [0.29, 0.717) is 34.2 Å². The Morgan fingerprint density at radius 2 is 2.00 bits per heavy atom. The number of nitrogens with zero attached hydrogens (tertiary/aromatic N) is 2. The van der Waals surface area contributed by atoms with Crippen LogP contribution >= 0.6 is 0 Å². The lowest BCUT2D eigenvalue weighted by atomic mass is 10.1. The molecule has 7 heteroatoms. The van der Waals surface area contributed by atoms with Crippen molar-refractivity contribution in [1.29, 1.82) is 0 Å². The normalized spacial score (nSPS) is 11.9. The van der Waals surface area contributed by atoms with Crippen molar-refractivity contribution in [3.05, 3.63) is 71.4 Å². The molecule has 3 aromatic rings. The van der Waals surface area contributed by atoms with Crippen LogP contribution in [0, 0.1) is 12.7 Å². The number of ether oxygens (including phenoxy) is 1. The number of amides is 1. The van der Waals surface area contributed by atoms with Crippen molar-refractivity contribution in [2.24, 2.45) is 0 Å². The van der Waals surface area contributed by atoms with Gasteiger partial charge in [0.05, 0.1) is 31.9 Å². The van der Waals surface area contributed by atoms with E-state index in [1.165, 1.54) is 17.0 Å². The maximum atomic E-state index is 13.1. The first-order valence-electron chi connectivity index (χ1n) is 9.15. The summed E-state index contributed by atoms with van der Waals surface area (Å²) < 4.78 is 23.9. The summed E-state index contributed by atoms with van der Waals surface area (Å²) in [5.41, 5.74) is 1.81. The molecule has 0 aliphatic carbocycles. The highest BCUT2D eigenvalue weighted by Gasteiger charge is 2.20. The van der Waals surface area contributed by atoms with Gasteiger partial charge in [-0.1, -0.05) is 12.1 Å². The van der Waals surface area contributed by atoms with Gasteiger partial charge in [-0.25, -0.2) is 9.37 Å². The Kier molecular flexibility index (Phi) is 6.29. The zero-order valence-corrected chi connectivity index (χ0v) is 16.6. The molecule has 1 atom stereocenters. The minimum atomic E-state index is -0.841. The van der Waals surface area contributed by atoms with Crippen LogP contribution in [0.5, 0.6) is 5.75 Å². The predicted octanol–water partition coefficient (Wildman–Crippen LogP) is 3.53. The first-order chi connectivity index (χ1) is 13.9. The van der Waals surface area contributed by atoms with Gasteiger partial charge in [0.15, 0.2) is 0 Å². The fourth-order valence-corrected chi connectivity index (χ4v) is 2.90. The summed E-state index contributed by atoms with van der Waals surface area (Å²) >= 11 is 0. The molecule has 6 nitrogen and oxygen atoms in total. The van der Waals surface area contributed by atoms with E-state index in [-0.39, 0.29) is 24.7 Å². The number of benzene rings is 2. The van der Waals surface area contributed by atoms with Gasteiger partial charge in [0.1, 0.15) is 17.3 Å². The highest BCUT2D eigenvalue weighted by atomic mass is 19.1. The van der Waals surface area contributed by atoms with E-state index in [4.69, 9.17) is 9.15 Å². The second-order valence-electron chi connectivity index (χ2n) is 6.77. The van der Waals surface area contributed by atoms with Crippen LogP contribution in [0.15, 0.2) is 52.9 Å². The van der Waals surface area contributed by atoms with Crippen LogP contribution < -0.4 is 4.74 Å². The van der Waals surface area contributed by atoms with Crippen LogP contribution in [0.4, 0.5) is 4.39 Å². The van der Waals surface area contributed by atoms with Crippen LogP contribution in [-0.2, 0) is 11.2 Å². The molecule has 1 amide bonds. The highest BCUT2D eigenvalue weighted by molar-refractivity contribution is 5.78. The number of likely N-dealkylation sites (N-methyl/N-ethyl adjacent to an activating group) is 1. The number of hydrogen-bond donors (Lipinski definition) is 1. The summed E-state index contributed by atoms with van der Waals surface area (Å²) in [7, 11) is 3.18. The van der Waals surface area contributed by atoms with Crippen LogP contribution in [0.3, 0.4) is 0 Å². The van der Waals surface area contributed by atoms with Gasteiger partial charge in [0.25, 0.3) is 0 Å². The molecule has 1 unspecified atom stereocenters. The molecule has 1 heterocycles. The Hall–Kier alpha value is -3.19. The minimum Gasteiger partial charge on any atom is -0.497 e. The SMILES string of the molecule is COc1cccc(C(O)CN(C)C(=O)Cc2nc(-c3ccc(F)cc3)oc2C)c1. The van der Waals surface area contributed by atoms with Crippen LogP contribution in [0.1, 0.15) is 23.1 Å². The number of aliphatic hydroxyl groups excluding tert-OH is 1. The average Bonchev–Trinajstić information content (AvgIpc) is 3.08. The zero-order valence-electron chi connectivity index (χ0n) is 16.6. The fraction of sp³-hybridized carbons (Fsp3) is 0.273. The van der Waals surface area contributed by atoms with Crippen molar-refractivity contribution in [3.63, 3.8) is 0 Å². The van der Waals surface area contributed by atoms with Crippen LogP contribution in [0.2, 0.25) is 0 Å². The molecule has 0 aliphatic heterocycles. The maximum absolute atomic E-state index is 13.1. The summed E-state index contributed by atoms with van der Waals surface area (Å²) in [4.78, 5) is 18.4. The standard InChI is InChI=1S/C22H23FN2O4/c1-14-19(24-22(29-14)15-7-9-17(23)10-8-15)12-21(27)25(2)13-20(26)16-5-4-6-18(11-16)28-3/h4-11,20,26H,12-13H2,1-3H3. The lowest BCUT2D eigenvalue weighted by Gasteiger charge is -2.21. The van der Waals surface area contributed by atoms with Crippen molar-refractivity contribution < 1.29 is 23.4 Å². The molecule has 0 aliphatic rings. The van der Waals surface area contributed by atoms with Gasteiger partial charge < -0.3 is 19.2 Å². The van der Waals surface area contributed by atoms with E-state index in [0.717, 1.165) is 0 Å². The predicted molar refractivity (Wildman–Crippen MR) is 106 cm³/mol. The van der Waals surface area contributed by atoms with Crippen LogP contribution in [0.25, 0.3) is 11.5 Å². The van der Waals surface area contributed by atoms with E-state index in [9.17, 15) is 14.3 Å². The van der Waals surface area contributed by atoms with Gasteiger partial charge in [0.2, 0.25) is 11.8 Å². The quantitative estimate of drug-likeness (QED) is 0.659. The van der Waals surface area contributed by atoms with E-state index in [1.54, 1.807) is 57.5 Å². The van der Waals surface area contributed by atoms with Crippen molar-refractivity contribution in [2.45, 2.75) is 19.4 Å². The van der Waals surface area contributed by atoms with Crippen molar-refractivity contribution in [3.8, 4) is 17.2 Å². The minimum absolute atomic E-state index is 0.0395. The Labute approximate surface area is 168 Å². The Bertz CT molecular complexity index is 985. The Morgan fingerprint density at radius 3 is 2.69 bits per heavy atom. The molecule has 0 spiro atoms. The number of hydrogen-bond acceptors (Lipinski definition) is 5. The Balaban J connectivity index is 1.65. The van der Waals surface area contributed by atoms with Crippen LogP contribution in [-0.4, -0.2) is 41.6 Å². The molecule has 152 valence electrons. The maximum Gasteiger partial charge on any atom is 0.228 e. The molecular weight excluding hydrogens is 375 g/mol. The number of oxazole rings is 1. The zero-order chi connectivity index (χ0) is 21.0. The first-order valence-corrected chi connectivity index (χ1v) is 9.15. The number of aromatic nitrogens is 1. The highest BCUT2D eigenvalue weighted by Crippen LogP contribution is 2.23. The summed E-state index contributed by atoms with van der Waals surface area (Å²) in [6.45, 7) is 1.86. The molecule has 0 saturated heterocycles. The number of methoxy groups -OCH3 is 1. The van der Waals surface area contributed by atoms with Crippen molar-refractivity contribution >= 4 is 5.91 Å². The summed E-state index contributed by atoms with van der Waals surface area (Å²) in [5.74, 6) is 0.962. The lowest BCUT2D eigenvalue weighted by Crippen LogP contribution is -2.32. The van der Waals surface area contributed by atoms with E-state index in [1.807, 2.05) is 0 Å². The van der Waals surface area contributed by atoms with Gasteiger partial charge >= 0.3 is 0 Å². The lowest BCUT2D eigenvalue weighted by molar-refractivity contribution is -0.130. The number of halogens is 1.